The van der Waals surface area contributed by atoms with E-state index in [1.54, 1.807) is 6.33 Å². The molecule has 150 valence electrons. The van der Waals surface area contributed by atoms with Gasteiger partial charge in [-0.25, -0.2) is 9.78 Å². The highest BCUT2D eigenvalue weighted by molar-refractivity contribution is 5.97. The first-order valence-electron chi connectivity index (χ1n) is 8.85. The van der Waals surface area contributed by atoms with Gasteiger partial charge in [0.25, 0.3) is 5.91 Å². The molecule has 1 aromatic carbocycles. The standard InChI is InChI=1S/C19H20F3N3O3/c1-3-8-24-11-23-14-9-15(18(27)28-2)25(10-16(14)24)17(26)12-4-6-13(7-5-12)19(20,21)22/h4-7,11,15H,3,8-10H2,1-2H3. The Labute approximate surface area is 159 Å². The van der Waals surface area contributed by atoms with Crippen molar-refractivity contribution in [3.63, 3.8) is 0 Å². The van der Waals surface area contributed by atoms with Crippen molar-refractivity contribution in [2.24, 2.45) is 0 Å². The molecular weight excluding hydrogens is 375 g/mol. The lowest BCUT2D eigenvalue weighted by Crippen LogP contribution is -2.49. The van der Waals surface area contributed by atoms with E-state index in [0.29, 0.717) is 6.54 Å². The minimum atomic E-state index is -4.48. The molecule has 1 aliphatic heterocycles. The van der Waals surface area contributed by atoms with Crippen molar-refractivity contribution in [1.82, 2.24) is 14.5 Å². The number of fused-ring (bicyclic) bond motifs is 1. The molecule has 1 atom stereocenters. The Morgan fingerprint density at radius 1 is 1.25 bits per heavy atom. The topological polar surface area (TPSA) is 64.4 Å². The van der Waals surface area contributed by atoms with Crippen LogP contribution in [0.5, 0.6) is 0 Å². The number of carbonyl (C=O) groups is 2. The van der Waals surface area contributed by atoms with Gasteiger partial charge in [0.2, 0.25) is 0 Å². The summed E-state index contributed by atoms with van der Waals surface area (Å²) in [6, 6.07) is 3.09. The van der Waals surface area contributed by atoms with Crippen molar-refractivity contribution in [2.75, 3.05) is 7.11 Å². The quantitative estimate of drug-likeness (QED) is 0.747. The van der Waals surface area contributed by atoms with E-state index in [1.165, 1.54) is 12.0 Å². The highest BCUT2D eigenvalue weighted by Gasteiger charge is 2.38. The molecule has 0 saturated heterocycles. The smallest absolute Gasteiger partial charge is 0.416 e. The number of hydrogen-bond acceptors (Lipinski definition) is 4. The number of methoxy groups -OCH3 is 1. The number of amides is 1. The van der Waals surface area contributed by atoms with Crippen molar-refractivity contribution in [3.8, 4) is 0 Å². The summed E-state index contributed by atoms with van der Waals surface area (Å²) in [7, 11) is 1.23. The van der Waals surface area contributed by atoms with Crippen LogP contribution in [0.25, 0.3) is 0 Å². The number of halogens is 3. The number of aryl methyl sites for hydroxylation is 1. The average molecular weight is 395 g/mol. The van der Waals surface area contributed by atoms with Crippen LogP contribution in [-0.4, -0.2) is 39.5 Å². The van der Waals surface area contributed by atoms with Gasteiger partial charge in [0.05, 0.1) is 36.9 Å². The molecule has 0 radical (unpaired) electrons. The molecule has 0 saturated carbocycles. The zero-order valence-corrected chi connectivity index (χ0v) is 15.5. The SMILES string of the molecule is CCCn1cnc2c1CN(C(=O)c1ccc(C(F)(F)F)cc1)C(C(=O)OC)C2. The molecule has 1 unspecified atom stereocenters. The van der Waals surface area contributed by atoms with Crippen molar-refractivity contribution in [2.45, 2.75) is 45.1 Å². The van der Waals surface area contributed by atoms with Crippen LogP contribution in [0.1, 0.15) is 40.7 Å². The molecule has 9 heteroatoms. The summed E-state index contributed by atoms with van der Waals surface area (Å²) in [4.78, 5) is 30.9. The van der Waals surface area contributed by atoms with E-state index < -0.39 is 29.7 Å². The molecule has 3 rings (SSSR count). The highest BCUT2D eigenvalue weighted by Crippen LogP contribution is 2.30. The van der Waals surface area contributed by atoms with Gasteiger partial charge in [-0.1, -0.05) is 6.92 Å². The van der Waals surface area contributed by atoms with E-state index in [-0.39, 0.29) is 18.5 Å². The lowest BCUT2D eigenvalue weighted by molar-refractivity contribution is -0.146. The Morgan fingerprint density at radius 3 is 2.50 bits per heavy atom. The molecule has 1 aliphatic rings. The summed E-state index contributed by atoms with van der Waals surface area (Å²) in [5.74, 6) is -1.12. The van der Waals surface area contributed by atoms with Crippen LogP contribution in [-0.2, 0) is 35.2 Å². The maximum atomic E-state index is 13.0. The van der Waals surface area contributed by atoms with Gasteiger partial charge < -0.3 is 14.2 Å². The summed E-state index contributed by atoms with van der Waals surface area (Å²) in [5.41, 5.74) is 0.782. The first-order valence-corrected chi connectivity index (χ1v) is 8.85. The van der Waals surface area contributed by atoms with E-state index in [2.05, 4.69) is 4.98 Å². The monoisotopic (exact) mass is 395 g/mol. The molecule has 0 N–H and O–H groups in total. The Hall–Kier alpha value is -2.84. The van der Waals surface area contributed by atoms with Gasteiger partial charge in [0.15, 0.2) is 0 Å². The maximum absolute atomic E-state index is 13.0. The van der Waals surface area contributed by atoms with Gasteiger partial charge in [-0.3, -0.25) is 4.79 Å². The maximum Gasteiger partial charge on any atom is 0.416 e. The molecule has 0 bridgehead atoms. The molecule has 0 fully saturated rings. The van der Waals surface area contributed by atoms with Gasteiger partial charge >= 0.3 is 12.1 Å². The number of rotatable bonds is 4. The molecule has 6 nitrogen and oxygen atoms in total. The molecule has 28 heavy (non-hydrogen) atoms. The minimum absolute atomic E-state index is 0.0758. The fraction of sp³-hybridized carbons (Fsp3) is 0.421. The van der Waals surface area contributed by atoms with Crippen LogP contribution >= 0.6 is 0 Å². The van der Waals surface area contributed by atoms with Crippen LogP contribution in [0.4, 0.5) is 13.2 Å². The number of benzene rings is 1. The first-order chi connectivity index (χ1) is 13.3. The van der Waals surface area contributed by atoms with E-state index in [4.69, 9.17) is 4.74 Å². The van der Waals surface area contributed by atoms with E-state index in [1.807, 2.05) is 11.5 Å². The van der Waals surface area contributed by atoms with E-state index >= 15 is 0 Å². The number of aromatic nitrogens is 2. The zero-order valence-electron chi connectivity index (χ0n) is 15.5. The normalized spacial score (nSPS) is 16.6. The second kappa shape index (κ2) is 7.65. The van der Waals surface area contributed by atoms with Crippen LogP contribution in [0, 0.1) is 0 Å². The van der Waals surface area contributed by atoms with Gasteiger partial charge in [-0.05, 0) is 30.7 Å². The second-order valence-electron chi connectivity index (χ2n) is 6.58. The number of ether oxygens (including phenoxy) is 1. The predicted molar refractivity (Wildman–Crippen MR) is 93.3 cm³/mol. The Kier molecular flexibility index (Phi) is 5.44. The van der Waals surface area contributed by atoms with Crippen molar-refractivity contribution >= 4 is 11.9 Å². The number of alkyl halides is 3. The third kappa shape index (κ3) is 3.74. The molecule has 1 amide bonds. The van der Waals surface area contributed by atoms with Crippen LogP contribution in [0.15, 0.2) is 30.6 Å². The summed E-state index contributed by atoms with van der Waals surface area (Å²) >= 11 is 0. The van der Waals surface area contributed by atoms with Gasteiger partial charge in [0, 0.05) is 18.5 Å². The van der Waals surface area contributed by atoms with Crippen LogP contribution in [0.3, 0.4) is 0 Å². The number of nitrogens with zero attached hydrogens (tertiary/aromatic N) is 3. The number of hydrogen-bond donors (Lipinski definition) is 0. The fourth-order valence-electron chi connectivity index (χ4n) is 3.33. The zero-order chi connectivity index (χ0) is 20.5. The molecule has 0 aliphatic carbocycles. The average Bonchev–Trinajstić information content (AvgIpc) is 3.07. The van der Waals surface area contributed by atoms with Gasteiger partial charge in [-0.2, -0.15) is 13.2 Å². The van der Waals surface area contributed by atoms with E-state index in [9.17, 15) is 22.8 Å². The van der Waals surface area contributed by atoms with Crippen molar-refractivity contribution in [1.29, 1.82) is 0 Å². The van der Waals surface area contributed by atoms with Crippen molar-refractivity contribution in [3.05, 3.63) is 53.1 Å². The third-order valence-electron chi connectivity index (χ3n) is 4.77. The largest absolute Gasteiger partial charge is 0.467 e. The molecule has 1 aromatic heterocycles. The summed E-state index contributed by atoms with van der Waals surface area (Å²) in [6.07, 6.45) is -1.74. The summed E-state index contributed by atoms with van der Waals surface area (Å²) in [6.45, 7) is 2.86. The van der Waals surface area contributed by atoms with E-state index in [0.717, 1.165) is 42.1 Å². The number of imidazole rings is 1. The second-order valence-corrected chi connectivity index (χ2v) is 6.58. The first kappa shape index (κ1) is 19.9. The lowest BCUT2D eigenvalue weighted by atomic mass is 10.0. The Morgan fingerprint density at radius 2 is 1.93 bits per heavy atom. The lowest BCUT2D eigenvalue weighted by Gasteiger charge is -2.34. The molecule has 2 aromatic rings. The summed E-state index contributed by atoms with van der Waals surface area (Å²) in [5, 5.41) is 0. The predicted octanol–water partition coefficient (Wildman–Crippen LogP) is 3.05. The number of esters is 1. The van der Waals surface area contributed by atoms with Crippen LogP contribution < -0.4 is 0 Å². The van der Waals surface area contributed by atoms with Gasteiger partial charge in [0.1, 0.15) is 6.04 Å². The van der Waals surface area contributed by atoms with Gasteiger partial charge in [-0.15, -0.1) is 0 Å². The Balaban J connectivity index is 1.93. The highest BCUT2D eigenvalue weighted by atomic mass is 19.4. The Bertz CT molecular complexity index is 875. The van der Waals surface area contributed by atoms with Crippen molar-refractivity contribution < 1.29 is 27.5 Å². The fourth-order valence-corrected chi connectivity index (χ4v) is 3.33. The summed E-state index contributed by atoms with van der Waals surface area (Å²) < 4.78 is 45.1. The minimum Gasteiger partial charge on any atom is -0.467 e. The van der Waals surface area contributed by atoms with Crippen LogP contribution in [0.2, 0.25) is 0 Å². The molecule has 2 heterocycles. The molecule has 0 spiro atoms. The molecular formula is C19H20F3N3O3. The third-order valence-corrected chi connectivity index (χ3v) is 4.77. The number of carbonyl (C=O) groups excluding carboxylic acids is 2.